The summed E-state index contributed by atoms with van der Waals surface area (Å²) in [7, 11) is 0. The molecule has 0 aliphatic carbocycles. The molecule has 33 heavy (non-hydrogen) atoms. The van der Waals surface area contributed by atoms with Gasteiger partial charge >= 0.3 is 0 Å². The van der Waals surface area contributed by atoms with Gasteiger partial charge in [0.25, 0.3) is 0 Å². The lowest BCUT2D eigenvalue weighted by Gasteiger charge is -2.17. The van der Waals surface area contributed by atoms with Gasteiger partial charge < -0.3 is 20.4 Å². The molecular weight excluding hydrogens is 416 g/mol. The first-order valence-corrected chi connectivity index (χ1v) is 10.8. The average Bonchev–Trinajstić information content (AvgIpc) is 3.24. The van der Waals surface area contributed by atoms with Gasteiger partial charge in [-0.15, -0.1) is 0 Å². The van der Waals surface area contributed by atoms with Crippen molar-refractivity contribution in [1.82, 2.24) is 20.6 Å². The zero-order valence-corrected chi connectivity index (χ0v) is 18.4. The van der Waals surface area contributed by atoms with Gasteiger partial charge in [-0.25, -0.2) is 0 Å². The van der Waals surface area contributed by atoms with Crippen molar-refractivity contribution in [3.05, 3.63) is 95.9 Å². The summed E-state index contributed by atoms with van der Waals surface area (Å²) in [6, 6.07) is 20.5. The van der Waals surface area contributed by atoms with E-state index in [0.717, 1.165) is 33.5 Å². The third-order valence-electron chi connectivity index (χ3n) is 5.30. The molecule has 0 radical (unpaired) electrons. The molecule has 7 heteroatoms. The molecule has 0 bridgehead atoms. The van der Waals surface area contributed by atoms with Crippen molar-refractivity contribution in [1.29, 1.82) is 0 Å². The Hall–Kier alpha value is -4.13. The van der Waals surface area contributed by atoms with Crippen LogP contribution >= 0.6 is 0 Å². The molecule has 168 valence electrons. The van der Waals surface area contributed by atoms with Gasteiger partial charge in [0.1, 0.15) is 18.4 Å². The average molecular weight is 443 g/mol. The number of benzene rings is 2. The molecular formula is C26H26N4O3. The maximum atomic E-state index is 12.9. The Morgan fingerprint density at radius 2 is 1.82 bits per heavy atom. The van der Waals surface area contributed by atoms with Crippen molar-refractivity contribution in [3.63, 3.8) is 0 Å². The van der Waals surface area contributed by atoms with Crippen LogP contribution in [0.25, 0.3) is 10.9 Å². The fraction of sp³-hybridized carbons (Fsp3) is 0.192. The largest absolute Gasteiger partial charge is 0.487 e. The summed E-state index contributed by atoms with van der Waals surface area (Å²) in [4.78, 5) is 32.0. The number of carbonyl (C=O) groups is 2. The van der Waals surface area contributed by atoms with Crippen molar-refractivity contribution < 1.29 is 14.3 Å². The molecule has 2 aromatic heterocycles. The Balaban J connectivity index is 1.34. The first-order valence-electron chi connectivity index (χ1n) is 10.8. The van der Waals surface area contributed by atoms with E-state index in [-0.39, 0.29) is 11.8 Å². The highest BCUT2D eigenvalue weighted by Gasteiger charge is 2.21. The Morgan fingerprint density at radius 1 is 1.03 bits per heavy atom. The fourth-order valence-corrected chi connectivity index (χ4v) is 3.63. The van der Waals surface area contributed by atoms with E-state index in [1.54, 1.807) is 6.20 Å². The normalized spacial score (nSPS) is 11.7. The highest BCUT2D eigenvalue weighted by Crippen LogP contribution is 2.19. The van der Waals surface area contributed by atoms with E-state index in [9.17, 15) is 9.59 Å². The Kier molecular flexibility index (Phi) is 6.99. The van der Waals surface area contributed by atoms with Crippen LogP contribution in [-0.2, 0) is 29.2 Å². The Bertz CT molecular complexity index is 1220. The number of rotatable bonds is 9. The first-order chi connectivity index (χ1) is 16.1. The predicted octanol–water partition coefficient (Wildman–Crippen LogP) is 3.51. The van der Waals surface area contributed by atoms with E-state index in [0.29, 0.717) is 19.6 Å². The van der Waals surface area contributed by atoms with Crippen LogP contribution in [0.5, 0.6) is 5.75 Å². The van der Waals surface area contributed by atoms with E-state index in [2.05, 4.69) is 20.6 Å². The van der Waals surface area contributed by atoms with E-state index >= 15 is 0 Å². The van der Waals surface area contributed by atoms with Crippen LogP contribution in [-0.4, -0.2) is 27.8 Å². The number of amides is 2. The van der Waals surface area contributed by atoms with Crippen LogP contribution in [0.15, 0.2) is 79.1 Å². The third-order valence-corrected chi connectivity index (χ3v) is 5.30. The maximum absolute atomic E-state index is 12.9. The van der Waals surface area contributed by atoms with Crippen LogP contribution in [0.2, 0.25) is 0 Å². The Morgan fingerprint density at radius 3 is 2.58 bits per heavy atom. The number of fused-ring (bicyclic) bond motifs is 1. The summed E-state index contributed by atoms with van der Waals surface area (Å²) in [5, 5.41) is 6.74. The van der Waals surface area contributed by atoms with Crippen molar-refractivity contribution in [3.8, 4) is 5.75 Å². The number of pyridine rings is 1. The quantitative estimate of drug-likeness (QED) is 0.370. The number of para-hydroxylation sites is 1. The molecule has 0 spiro atoms. The van der Waals surface area contributed by atoms with E-state index < -0.39 is 6.04 Å². The van der Waals surface area contributed by atoms with Gasteiger partial charge in [0.2, 0.25) is 11.8 Å². The molecule has 0 aliphatic rings. The second-order valence-corrected chi connectivity index (χ2v) is 7.79. The molecule has 4 aromatic rings. The summed E-state index contributed by atoms with van der Waals surface area (Å²) < 4.78 is 5.75. The molecule has 0 saturated carbocycles. The molecule has 0 fully saturated rings. The number of H-pyrrole nitrogens is 1. The zero-order chi connectivity index (χ0) is 23.0. The molecule has 3 N–H and O–H groups in total. The molecule has 1 atom stereocenters. The minimum Gasteiger partial charge on any atom is -0.487 e. The van der Waals surface area contributed by atoms with E-state index in [4.69, 9.17) is 4.74 Å². The molecule has 2 aromatic carbocycles. The number of nitrogens with one attached hydrogen (secondary N) is 3. The van der Waals surface area contributed by atoms with Crippen molar-refractivity contribution in [2.24, 2.45) is 0 Å². The van der Waals surface area contributed by atoms with Crippen molar-refractivity contribution in [2.45, 2.75) is 32.5 Å². The van der Waals surface area contributed by atoms with Crippen molar-refractivity contribution in [2.75, 3.05) is 0 Å². The highest BCUT2D eigenvalue weighted by molar-refractivity contribution is 5.89. The number of aromatic amines is 1. The summed E-state index contributed by atoms with van der Waals surface area (Å²) in [5.41, 5.74) is 3.77. The van der Waals surface area contributed by atoms with Crippen LogP contribution in [0.4, 0.5) is 0 Å². The summed E-state index contributed by atoms with van der Waals surface area (Å²) in [5.74, 6) is 0.251. The minimum absolute atomic E-state index is 0.231. The Labute approximate surface area is 192 Å². The molecule has 4 rings (SSSR count). The lowest BCUT2D eigenvalue weighted by Crippen LogP contribution is -2.47. The molecule has 1 unspecified atom stereocenters. The van der Waals surface area contributed by atoms with Crippen LogP contribution < -0.4 is 15.4 Å². The SMILES string of the molecule is CC(=O)NC(Cc1c[nH]c2ccccc12)C(=O)NCc1ccc(OCc2ccccn2)cc1. The molecule has 0 aliphatic heterocycles. The standard InChI is InChI=1S/C26H26N4O3/c1-18(31)30-25(14-20-16-28-24-8-3-2-7-23(20)24)26(32)29-15-19-9-11-22(12-10-19)33-17-21-6-4-5-13-27-21/h2-13,16,25,28H,14-15,17H2,1H3,(H,29,32)(H,30,31). The summed E-state index contributed by atoms with van der Waals surface area (Å²) in [6.45, 7) is 2.16. The third kappa shape index (κ3) is 5.98. The number of hydrogen-bond acceptors (Lipinski definition) is 4. The van der Waals surface area contributed by atoms with E-state index in [1.807, 2.05) is 72.9 Å². The van der Waals surface area contributed by atoms with Crippen LogP contribution in [0.1, 0.15) is 23.7 Å². The monoisotopic (exact) mass is 442 g/mol. The first kappa shape index (κ1) is 22.1. The lowest BCUT2D eigenvalue weighted by molar-refractivity contribution is -0.128. The predicted molar refractivity (Wildman–Crippen MR) is 126 cm³/mol. The van der Waals surface area contributed by atoms with Gasteiger partial charge in [0.05, 0.1) is 5.69 Å². The number of carbonyl (C=O) groups excluding carboxylic acids is 2. The second kappa shape index (κ2) is 10.5. The molecule has 2 heterocycles. The van der Waals surface area contributed by atoms with Gasteiger partial charge in [0, 0.05) is 43.2 Å². The second-order valence-electron chi connectivity index (χ2n) is 7.79. The van der Waals surface area contributed by atoms with Crippen LogP contribution in [0, 0.1) is 0 Å². The number of hydrogen-bond donors (Lipinski definition) is 3. The van der Waals surface area contributed by atoms with Gasteiger partial charge in [-0.2, -0.15) is 0 Å². The van der Waals surface area contributed by atoms with Gasteiger partial charge in [0.15, 0.2) is 0 Å². The van der Waals surface area contributed by atoms with Gasteiger partial charge in [-0.05, 0) is 41.5 Å². The smallest absolute Gasteiger partial charge is 0.243 e. The summed E-state index contributed by atoms with van der Waals surface area (Å²) >= 11 is 0. The molecule has 2 amide bonds. The number of nitrogens with zero attached hydrogens (tertiary/aromatic N) is 1. The topological polar surface area (TPSA) is 96.1 Å². The minimum atomic E-state index is -0.664. The highest BCUT2D eigenvalue weighted by atomic mass is 16.5. The zero-order valence-electron chi connectivity index (χ0n) is 18.4. The van der Waals surface area contributed by atoms with E-state index in [1.165, 1.54) is 6.92 Å². The number of ether oxygens (including phenoxy) is 1. The lowest BCUT2D eigenvalue weighted by atomic mass is 10.0. The number of aromatic nitrogens is 2. The molecule has 7 nitrogen and oxygen atoms in total. The fourth-order valence-electron chi connectivity index (χ4n) is 3.63. The van der Waals surface area contributed by atoms with Gasteiger partial charge in [-0.3, -0.25) is 14.6 Å². The summed E-state index contributed by atoms with van der Waals surface area (Å²) in [6.07, 6.45) is 4.02. The maximum Gasteiger partial charge on any atom is 0.243 e. The van der Waals surface area contributed by atoms with Crippen LogP contribution in [0.3, 0.4) is 0 Å². The van der Waals surface area contributed by atoms with Gasteiger partial charge in [-0.1, -0.05) is 36.4 Å². The van der Waals surface area contributed by atoms with Crippen molar-refractivity contribution >= 4 is 22.7 Å². The molecule has 0 saturated heterocycles.